The summed E-state index contributed by atoms with van der Waals surface area (Å²) in [6.45, 7) is 5.56. The highest BCUT2D eigenvalue weighted by molar-refractivity contribution is 5.95. The predicted molar refractivity (Wildman–Crippen MR) is 196 cm³/mol. The molecular weight excluding hydrogens is 680 g/mol. The molecule has 3 aliphatic heterocycles. The van der Waals surface area contributed by atoms with Gasteiger partial charge in [0.1, 0.15) is 24.4 Å². The highest BCUT2D eigenvalue weighted by Gasteiger charge is 2.44. The normalized spacial score (nSPS) is 23.0. The van der Waals surface area contributed by atoms with E-state index >= 15 is 0 Å². The van der Waals surface area contributed by atoms with E-state index in [-0.39, 0.29) is 50.1 Å². The second-order valence-electron chi connectivity index (χ2n) is 14.2. The van der Waals surface area contributed by atoms with Crippen molar-refractivity contribution in [2.45, 2.75) is 95.4 Å². The van der Waals surface area contributed by atoms with Crippen molar-refractivity contribution in [3.8, 4) is 0 Å². The van der Waals surface area contributed by atoms with Crippen LogP contribution in [0.5, 0.6) is 0 Å². The Bertz CT molecular complexity index is 1750. The summed E-state index contributed by atoms with van der Waals surface area (Å²) < 4.78 is 1.60. The number of aromatic nitrogens is 3. The van der Waals surface area contributed by atoms with Gasteiger partial charge in [-0.15, -0.1) is 5.10 Å². The molecule has 8 N–H and O–H groups in total. The molecule has 0 saturated carbocycles. The van der Waals surface area contributed by atoms with E-state index < -0.39 is 60.1 Å². The number of aliphatic hydroxyl groups is 1. The number of anilines is 1. The summed E-state index contributed by atoms with van der Waals surface area (Å²) in [6, 6.07) is 11.0. The van der Waals surface area contributed by atoms with Gasteiger partial charge in [0.25, 0.3) is 0 Å². The van der Waals surface area contributed by atoms with Crippen molar-refractivity contribution in [3.05, 3.63) is 77.6 Å². The number of fused-ring (bicyclic) bond motifs is 11. The van der Waals surface area contributed by atoms with Crippen molar-refractivity contribution < 1.29 is 29.1 Å². The van der Waals surface area contributed by atoms with Gasteiger partial charge in [-0.2, -0.15) is 0 Å². The van der Waals surface area contributed by atoms with Gasteiger partial charge in [-0.25, -0.2) is 4.68 Å². The van der Waals surface area contributed by atoms with Crippen LogP contribution in [0.1, 0.15) is 56.5 Å². The molecule has 16 nitrogen and oxygen atoms in total. The lowest BCUT2D eigenvalue weighted by molar-refractivity contribution is -0.142. The average Bonchev–Trinajstić information content (AvgIpc) is 3.80. The highest BCUT2D eigenvalue weighted by Crippen LogP contribution is 2.29. The minimum atomic E-state index is -1.13. The molecule has 1 saturated heterocycles. The minimum Gasteiger partial charge on any atom is -0.377 e. The Kier molecular flexibility index (Phi) is 12.9. The van der Waals surface area contributed by atoms with Crippen molar-refractivity contribution >= 4 is 35.2 Å². The van der Waals surface area contributed by atoms with E-state index in [1.807, 2.05) is 44.2 Å². The maximum Gasteiger partial charge on any atom is 0.243 e. The van der Waals surface area contributed by atoms with Gasteiger partial charge in [0, 0.05) is 56.6 Å². The lowest BCUT2D eigenvalue weighted by Crippen LogP contribution is -2.60. The molecule has 3 aliphatic rings. The highest BCUT2D eigenvalue weighted by atomic mass is 16.3. The number of carbonyl (C=O) groups excluding carboxylic acids is 5. The molecule has 0 spiro atoms. The van der Waals surface area contributed by atoms with E-state index in [4.69, 9.17) is 5.73 Å². The third kappa shape index (κ3) is 10.0. The van der Waals surface area contributed by atoms with Crippen LogP contribution < -0.4 is 32.3 Å². The molecule has 53 heavy (non-hydrogen) atoms. The van der Waals surface area contributed by atoms with Crippen LogP contribution in [0, 0.1) is 5.92 Å². The number of aryl methyl sites for hydroxylation is 1. The molecule has 16 heteroatoms. The fourth-order valence-corrected chi connectivity index (χ4v) is 6.56. The SMILES string of the molecule is CNC(C)C(O)NC(C(=O)N1CC2CC1C(=O)NC(Cc1ccccc1)C(=O)NC(C(N)=O)Cc1ccc(cc1)NC(=O)CCc1cn2nn1)C(C)C. The summed E-state index contributed by atoms with van der Waals surface area (Å²) in [4.78, 5) is 69.6. The number of likely N-dealkylation sites (N-methyl/N-ethyl adjacent to an activating group) is 1. The molecule has 7 unspecified atom stereocenters. The van der Waals surface area contributed by atoms with Gasteiger partial charge in [-0.05, 0) is 43.1 Å². The number of hydrogen-bond donors (Lipinski definition) is 7. The van der Waals surface area contributed by atoms with Gasteiger partial charge in [0.05, 0.1) is 17.8 Å². The van der Waals surface area contributed by atoms with Crippen molar-refractivity contribution in [1.82, 2.24) is 41.2 Å². The Morgan fingerprint density at radius 2 is 1.72 bits per heavy atom. The topological polar surface area (TPSA) is 226 Å². The fourth-order valence-electron chi connectivity index (χ4n) is 6.56. The molecule has 7 atom stereocenters. The number of carbonyl (C=O) groups is 5. The first kappa shape index (κ1) is 39.0. The van der Waals surface area contributed by atoms with E-state index in [0.717, 1.165) is 5.56 Å². The number of nitrogens with one attached hydrogen (secondary N) is 5. The molecule has 2 aromatic carbocycles. The van der Waals surface area contributed by atoms with Crippen LogP contribution in [0.4, 0.5) is 5.69 Å². The van der Waals surface area contributed by atoms with Crippen LogP contribution >= 0.6 is 0 Å². The first-order valence-corrected chi connectivity index (χ1v) is 18.0. The van der Waals surface area contributed by atoms with Crippen LogP contribution in [0.2, 0.25) is 0 Å². The lowest BCUT2D eigenvalue weighted by Gasteiger charge is -2.33. The van der Waals surface area contributed by atoms with Crippen LogP contribution in [0.3, 0.4) is 0 Å². The number of aliphatic hydroxyl groups excluding tert-OH is 1. The molecular formula is C37H50N10O6. The largest absolute Gasteiger partial charge is 0.377 e. The van der Waals surface area contributed by atoms with Crippen molar-refractivity contribution in [2.24, 2.45) is 11.7 Å². The van der Waals surface area contributed by atoms with Crippen molar-refractivity contribution in [1.29, 1.82) is 0 Å². The van der Waals surface area contributed by atoms with Gasteiger partial charge >= 0.3 is 0 Å². The summed E-state index contributed by atoms with van der Waals surface area (Å²) in [7, 11) is 1.70. The number of likely N-dealkylation sites (tertiary alicyclic amines) is 1. The third-order valence-electron chi connectivity index (χ3n) is 9.87. The monoisotopic (exact) mass is 730 g/mol. The Morgan fingerprint density at radius 3 is 2.38 bits per heavy atom. The van der Waals surface area contributed by atoms with Crippen LogP contribution in [-0.4, -0.2) is 105 Å². The number of hydrogen-bond acceptors (Lipinski definition) is 10. The Balaban J connectivity index is 1.51. The standard InChI is InChI=1S/C37H50N10O6/c1-21(2)32(43-34(50)22(3)39-4)37(53)46-20-27-18-30(46)36(52)42-29(17-23-8-6-5-7-9-23)35(51)41-28(33(38)49)16-24-10-12-25(13-11-24)40-31(48)15-14-26-19-47(27)45-44-26/h5-13,19,21-22,27-30,32,34,39,43,50H,14-18,20H2,1-4H3,(H2,38,49)(H,40,48)(H,41,51)(H,42,52). The number of rotatable bonds is 9. The van der Waals surface area contributed by atoms with E-state index in [1.165, 1.54) is 4.90 Å². The van der Waals surface area contributed by atoms with E-state index in [0.29, 0.717) is 23.4 Å². The van der Waals surface area contributed by atoms with E-state index in [9.17, 15) is 29.1 Å². The van der Waals surface area contributed by atoms with Gasteiger partial charge in [-0.3, -0.25) is 29.3 Å². The predicted octanol–water partition coefficient (Wildman–Crippen LogP) is -0.214. The number of nitrogens with zero attached hydrogens (tertiary/aromatic N) is 4. The maximum atomic E-state index is 14.4. The molecule has 5 amide bonds. The molecule has 6 bridgehead atoms. The second-order valence-corrected chi connectivity index (χ2v) is 14.2. The summed E-state index contributed by atoms with van der Waals surface area (Å²) in [5, 5.41) is 33.9. The minimum absolute atomic E-state index is 0.0739. The zero-order valence-corrected chi connectivity index (χ0v) is 30.5. The summed E-state index contributed by atoms with van der Waals surface area (Å²) in [6.07, 6.45) is 1.41. The van der Waals surface area contributed by atoms with E-state index in [2.05, 4.69) is 36.9 Å². The molecule has 6 rings (SSSR count). The molecule has 4 heterocycles. The van der Waals surface area contributed by atoms with Crippen molar-refractivity contribution in [2.75, 3.05) is 18.9 Å². The number of amides is 5. The number of primary amides is 1. The molecule has 284 valence electrons. The quantitative estimate of drug-likeness (QED) is 0.143. The first-order chi connectivity index (χ1) is 25.3. The van der Waals surface area contributed by atoms with Gasteiger partial charge in [0.2, 0.25) is 29.5 Å². The zero-order chi connectivity index (χ0) is 38.2. The second kappa shape index (κ2) is 17.6. The summed E-state index contributed by atoms with van der Waals surface area (Å²) in [5.41, 5.74) is 8.32. The van der Waals surface area contributed by atoms with E-state index in [1.54, 1.807) is 49.1 Å². The maximum absolute atomic E-state index is 14.4. The van der Waals surface area contributed by atoms with Crippen LogP contribution in [0.25, 0.3) is 0 Å². The Labute approximate surface area is 308 Å². The van der Waals surface area contributed by atoms with Gasteiger partial charge in [-0.1, -0.05) is 61.5 Å². The molecule has 0 aliphatic carbocycles. The summed E-state index contributed by atoms with van der Waals surface area (Å²) >= 11 is 0. The number of nitrogens with two attached hydrogens (primary N) is 1. The molecule has 1 aromatic heterocycles. The Morgan fingerprint density at radius 1 is 1.00 bits per heavy atom. The van der Waals surface area contributed by atoms with Gasteiger partial charge in [0.15, 0.2) is 0 Å². The molecule has 3 aromatic rings. The molecule has 0 radical (unpaired) electrons. The smallest absolute Gasteiger partial charge is 0.243 e. The number of benzene rings is 2. The average molecular weight is 731 g/mol. The third-order valence-corrected chi connectivity index (χ3v) is 9.87. The first-order valence-electron chi connectivity index (χ1n) is 18.0. The summed E-state index contributed by atoms with van der Waals surface area (Å²) in [5.74, 6) is -2.86. The zero-order valence-electron chi connectivity index (χ0n) is 30.5. The van der Waals surface area contributed by atoms with Gasteiger partial charge < -0.3 is 37.0 Å². The fraction of sp³-hybridized carbons (Fsp3) is 0.486. The Hall–Kier alpha value is -5.19. The van der Waals surface area contributed by atoms with Crippen LogP contribution in [-0.2, 0) is 43.2 Å². The van der Waals surface area contributed by atoms with Crippen LogP contribution in [0.15, 0.2) is 60.8 Å². The lowest BCUT2D eigenvalue weighted by atomic mass is 10.0. The molecule has 1 fully saturated rings. The van der Waals surface area contributed by atoms with Crippen molar-refractivity contribution in [3.63, 3.8) is 0 Å².